The largest absolute Gasteiger partial charge is 0.393 e. The predicted octanol–water partition coefficient (Wildman–Crippen LogP) is 0.480. The molecule has 0 radical (unpaired) electrons. The Morgan fingerprint density at radius 1 is 1.00 bits per heavy atom. The van der Waals surface area contributed by atoms with Gasteiger partial charge >= 0.3 is 0 Å². The van der Waals surface area contributed by atoms with Gasteiger partial charge in [-0.1, -0.05) is 0 Å². The molecule has 150 valence electrons. The van der Waals surface area contributed by atoms with Crippen LogP contribution in [0.2, 0.25) is 0 Å². The summed E-state index contributed by atoms with van der Waals surface area (Å²) < 4.78 is 14.2. The van der Waals surface area contributed by atoms with E-state index in [1.807, 2.05) is 29.2 Å². The lowest BCUT2D eigenvalue weighted by molar-refractivity contribution is -0.00461. The highest BCUT2D eigenvalue weighted by Crippen LogP contribution is 2.27. The quantitative estimate of drug-likeness (QED) is 0.815. The molecule has 0 bridgehead atoms. The summed E-state index contributed by atoms with van der Waals surface area (Å²) in [5.41, 5.74) is 0. The van der Waals surface area contributed by atoms with Crippen LogP contribution >= 0.6 is 0 Å². The molecule has 0 unspecified atom stereocenters. The number of piperidine rings is 1. The van der Waals surface area contributed by atoms with Gasteiger partial charge in [0.2, 0.25) is 5.95 Å². The Balaban J connectivity index is 1.24. The molecule has 0 spiro atoms. The summed E-state index contributed by atoms with van der Waals surface area (Å²) >= 11 is 0. The summed E-state index contributed by atoms with van der Waals surface area (Å²) in [5, 5.41) is 14.0. The average molecular weight is 386 g/mol. The zero-order valence-corrected chi connectivity index (χ0v) is 15.8. The molecule has 3 fully saturated rings. The highest BCUT2D eigenvalue weighted by Gasteiger charge is 2.39. The Morgan fingerprint density at radius 3 is 2.43 bits per heavy atom. The number of anilines is 2. The maximum absolute atomic E-state index is 9.72. The van der Waals surface area contributed by atoms with E-state index in [4.69, 9.17) is 14.5 Å². The molecule has 2 atom stereocenters. The van der Waals surface area contributed by atoms with Crippen molar-refractivity contribution in [3.8, 4) is 0 Å². The van der Waals surface area contributed by atoms with Gasteiger partial charge in [0.25, 0.3) is 0 Å². The van der Waals surface area contributed by atoms with Gasteiger partial charge in [-0.05, 0) is 25.0 Å². The molecule has 5 heterocycles. The van der Waals surface area contributed by atoms with Crippen LogP contribution < -0.4 is 9.80 Å². The second-order valence-electron chi connectivity index (χ2n) is 7.72. The van der Waals surface area contributed by atoms with E-state index in [0.717, 1.165) is 44.8 Å². The first-order valence-electron chi connectivity index (χ1n) is 9.99. The number of fused-ring (bicyclic) bond motifs is 1. The minimum Gasteiger partial charge on any atom is -0.393 e. The molecule has 0 saturated carbocycles. The molecule has 28 heavy (non-hydrogen) atoms. The second-order valence-corrected chi connectivity index (χ2v) is 7.72. The average Bonchev–Trinajstić information content (AvgIpc) is 3.36. The summed E-state index contributed by atoms with van der Waals surface area (Å²) in [6.07, 6.45) is 6.94. The smallest absolute Gasteiger partial charge is 0.227 e. The maximum Gasteiger partial charge on any atom is 0.227 e. The van der Waals surface area contributed by atoms with E-state index in [1.54, 1.807) is 6.20 Å². The van der Waals surface area contributed by atoms with Crippen LogP contribution in [0.5, 0.6) is 0 Å². The van der Waals surface area contributed by atoms with Crippen molar-refractivity contribution in [1.82, 2.24) is 19.7 Å². The Morgan fingerprint density at radius 2 is 1.75 bits per heavy atom. The van der Waals surface area contributed by atoms with Crippen LogP contribution in [0.25, 0.3) is 0 Å². The SMILES string of the molecule is OC1CCN(c2ccnc(N3C[C@@H]4OCC(n5cccn5)CO[C@H]4C3)n2)CC1. The standard InChI is InChI=1S/C19H26N6O3/c26-15-3-8-23(9-4-15)18-2-6-20-19(22-18)24-10-16-17(11-24)28-13-14(12-27-16)25-7-1-5-21-25/h1-2,5-7,14-17,26H,3-4,8-13H2/t16-,17-/m0/s1. The highest BCUT2D eigenvalue weighted by molar-refractivity contribution is 5.45. The van der Waals surface area contributed by atoms with Gasteiger partial charge in [0.1, 0.15) is 18.0 Å². The van der Waals surface area contributed by atoms with Gasteiger partial charge < -0.3 is 24.4 Å². The fourth-order valence-electron chi connectivity index (χ4n) is 4.16. The van der Waals surface area contributed by atoms with Gasteiger partial charge in [0.15, 0.2) is 0 Å². The van der Waals surface area contributed by atoms with Crippen molar-refractivity contribution in [2.45, 2.75) is 37.2 Å². The highest BCUT2D eigenvalue weighted by atomic mass is 16.6. The van der Waals surface area contributed by atoms with Crippen LogP contribution in [0, 0.1) is 0 Å². The molecule has 2 aromatic heterocycles. The number of ether oxygens (including phenoxy) is 2. The van der Waals surface area contributed by atoms with Crippen LogP contribution in [0.15, 0.2) is 30.7 Å². The molecular formula is C19H26N6O3. The number of hydrogen-bond donors (Lipinski definition) is 1. The minimum absolute atomic E-state index is 0.0120. The normalized spacial score (nSPS) is 27.0. The third kappa shape index (κ3) is 3.57. The second kappa shape index (κ2) is 7.65. The van der Waals surface area contributed by atoms with Crippen molar-refractivity contribution >= 4 is 11.8 Å². The fourth-order valence-corrected chi connectivity index (χ4v) is 4.16. The number of aromatic nitrogens is 4. The molecule has 0 aliphatic carbocycles. The Labute approximate surface area is 163 Å². The van der Waals surface area contributed by atoms with Gasteiger partial charge in [-0.2, -0.15) is 10.1 Å². The molecule has 3 aliphatic heterocycles. The Kier molecular flexibility index (Phi) is 4.87. The van der Waals surface area contributed by atoms with Crippen molar-refractivity contribution in [3.63, 3.8) is 0 Å². The summed E-state index contributed by atoms with van der Waals surface area (Å²) in [4.78, 5) is 13.6. The molecule has 1 N–H and O–H groups in total. The first-order valence-corrected chi connectivity index (χ1v) is 9.99. The van der Waals surface area contributed by atoms with E-state index in [0.29, 0.717) is 19.2 Å². The van der Waals surface area contributed by atoms with Crippen molar-refractivity contribution in [1.29, 1.82) is 0 Å². The summed E-state index contributed by atoms with van der Waals surface area (Å²) in [7, 11) is 0. The first-order chi connectivity index (χ1) is 13.8. The van der Waals surface area contributed by atoms with Crippen LogP contribution in [0.1, 0.15) is 18.9 Å². The van der Waals surface area contributed by atoms with E-state index in [9.17, 15) is 5.11 Å². The lowest BCUT2D eigenvalue weighted by atomic mass is 10.1. The van der Waals surface area contributed by atoms with E-state index in [-0.39, 0.29) is 24.4 Å². The number of nitrogens with zero attached hydrogens (tertiary/aromatic N) is 6. The van der Waals surface area contributed by atoms with E-state index in [1.165, 1.54) is 0 Å². The van der Waals surface area contributed by atoms with Gasteiger partial charge in [-0.25, -0.2) is 4.98 Å². The monoisotopic (exact) mass is 386 g/mol. The number of hydrogen-bond acceptors (Lipinski definition) is 8. The van der Waals surface area contributed by atoms with Crippen LogP contribution in [0.4, 0.5) is 11.8 Å². The summed E-state index contributed by atoms with van der Waals surface area (Å²) in [5.74, 6) is 1.64. The van der Waals surface area contributed by atoms with Crippen molar-refractivity contribution in [2.75, 3.05) is 49.2 Å². The molecule has 0 aromatic carbocycles. The van der Waals surface area contributed by atoms with Crippen molar-refractivity contribution < 1.29 is 14.6 Å². The van der Waals surface area contributed by atoms with Gasteiger partial charge in [-0.3, -0.25) is 4.68 Å². The maximum atomic E-state index is 9.72. The molecule has 9 heteroatoms. The van der Waals surface area contributed by atoms with Gasteiger partial charge in [0, 0.05) is 44.8 Å². The fraction of sp³-hybridized carbons (Fsp3) is 0.632. The summed E-state index contributed by atoms with van der Waals surface area (Å²) in [6.45, 7) is 4.27. The van der Waals surface area contributed by atoms with Crippen molar-refractivity contribution in [2.24, 2.45) is 0 Å². The van der Waals surface area contributed by atoms with E-state index < -0.39 is 0 Å². The van der Waals surface area contributed by atoms with E-state index >= 15 is 0 Å². The van der Waals surface area contributed by atoms with Crippen LogP contribution in [-0.2, 0) is 9.47 Å². The Bertz CT molecular complexity index is 764. The molecular weight excluding hydrogens is 360 g/mol. The van der Waals surface area contributed by atoms with Gasteiger partial charge in [0.05, 0.1) is 25.4 Å². The zero-order chi connectivity index (χ0) is 18.9. The third-order valence-corrected chi connectivity index (χ3v) is 5.82. The number of aliphatic hydroxyl groups excluding tert-OH is 1. The lowest BCUT2D eigenvalue weighted by Gasteiger charge is -2.31. The third-order valence-electron chi connectivity index (χ3n) is 5.82. The molecule has 3 aliphatic rings. The predicted molar refractivity (Wildman–Crippen MR) is 102 cm³/mol. The van der Waals surface area contributed by atoms with Crippen LogP contribution in [0.3, 0.4) is 0 Å². The lowest BCUT2D eigenvalue weighted by Crippen LogP contribution is -2.36. The summed E-state index contributed by atoms with van der Waals surface area (Å²) in [6, 6.07) is 3.97. The van der Waals surface area contributed by atoms with Crippen LogP contribution in [-0.4, -0.2) is 82.6 Å². The topological polar surface area (TPSA) is 88.8 Å². The molecule has 3 saturated heterocycles. The minimum atomic E-state index is -0.192. The number of aliphatic hydroxyl groups is 1. The number of rotatable bonds is 3. The van der Waals surface area contributed by atoms with E-state index in [2.05, 4.69) is 19.9 Å². The molecule has 5 rings (SSSR count). The molecule has 2 aromatic rings. The first kappa shape index (κ1) is 17.8. The molecule has 0 amide bonds. The van der Waals surface area contributed by atoms with Gasteiger partial charge in [-0.15, -0.1) is 0 Å². The molecule has 9 nitrogen and oxygen atoms in total. The Hall–Kier alpha value is -2.23. The van der Waals surface area contributed by atoms with Crippen molar-refractivity contribution in [3.05, 3.63) is 30.7 Å². The zero-order valence-electron chi connectivity index (χ0n) is 15.8.